The normalized spacial score (nSPS) is 18.9. The summed E-state index contributed by atoms with van der Waals surface area (Å²) in [5.74, 6) is -0.363. The van der Waals surface area contributed by atoms with Crippen molar-refractivity contribution in [3.63, 3.8) is 0 Å². The Kier molecular flexibility index (Phi) is 6.53. The van der Waals surface area contributed by atoms with Gasteiger partial charge >= 0.3 is 0 Å². The first-order valence-corrected chi connectivity index (χ1v) is 11.5. The Morgan fingerprint density at radius 1 is 1.38 bits per heavy atom. The van der Waals surface area contributed by atoms with Crippen LogP contribution in [0.25, 0.3) is 22.2 Å². The van der Waals surface area contributed by atoms with Crippen molar-refractivity contribution in [3.8, 4) is 17.3 Å². The highest BCUT2D eigenvalue weighted by Gasteiger charge is 2.31. The fourth-order valence-corrected chi connectivity index (χ4v) is 4.67. The molecule has 1 aliphatic heterocycles. The smallest absolute Gasteiger partial charge is 0.223 e. The minimum atomic E-state index is -1.37. The van der Waals surface area contributed by atoms with Crippen molar-refractivity contribution >= 4 is 28.5 Å². The van der Waals surface area contributed by atoms with E-state index in [2.05, 4.69) is 21.4 Å². The molecule has 1 aliphatic rings. The van der Waals surface area contributed by atoms with Crippen LogP contribution < -0.4 is 5.32 Å². The van der Waals surface area contributed by atoms with Crippen molar-refractivity contribution in [3.05, 3.63) is 40.4 Å². The van der Waals surface area contributed by atoms with E-state index in [4.69, 9.17) is 16.3 Å². The molecule has 1 fully saturated rings. The third kappa shape index (κ3) is 4.34. The second-order valence-corrected chi connectivity index (χ2v) is 9.69. The largest absolute Gasteiger partial charge is 0.389 e. The van der Waals surface area contributed by atoms with Gasteiger partial charge in [0.15, 0.2) is 0 Å². The fraction of sp³-hybridized carbons (Fsp3) is 0.458. The number of nitrogens with zero attached hydrogens (tertiary/aromatic N) is 4. The van der Waals surface area contributed by atoms with Crippen molar-refractivity contribution in [1.82, 2.24) is 14.5 Å². The van der Waals surface area contributed by atoms with E-state index in [0.29, 0.717) is 35.5 Å². The van der Waals surface area contributed by atoms with Gasteiger partial charge in [-0.05, 0) is 46.2 Å². The summed E-state index contributed by atoms with van der Waals surface area (Å²) in [6.45, 7) is 7.68. The molecule has 1 aromatic carbocycles. The number of hydrogen-bond acceptors (Lipinski definition) is 7. The average molecular weight is 488 g/mol. The van der Waals surface area contributed by atoms with Gasteiger partial charge in [0.1, 0.15) is 17.5 Å². The highest BCUT2D eigenvalue weighted by Crippen LogP contribution is 2.39. The van der Waals surface area contributed by atoms with E-state index in [0.717, 1.165) is 0 Å². The summed E-state index contributed by atoms with van der Waals surface area (Å²) in [5, 5.41) is 34.2. The van der Waals surface area contributed by atoms with Crippen LogP contribution in [-0.4, -0.2) is 50.1 Å². The van der Waals surface area contributed by atoms with E-state index in [-0.39, 0.29) is 40.6 Å². The van der Waals surface area contributed by atoms with E-state index in [1.54, 1.807) is 24.5 Å². The van der Waals surface area contributed by atoms with E-state index in [1.165, 1.54) is 12.3 Å². The molecular formula is C24H27ClFN5O3. The predicted molar refractivity (Wildman–Crippen MR) is 127 cm³/mol. The number of nitriles is 1. The lowest BCUT2D eigenvalue weighted by atomic mass is 9.99. The summed E-state index contributed by atoms with van der Waals surface area (Å²) in [5.41, 5.74) is 0.253. The second kappa shape index (κ2) is 9.12. The minimum Gasteiger partial charge on any atom is -0.389 e. The SMILES string of the molecule is CC(C)n1c(C(C)(C)O)c(C#N)c2c(F)cc(-c3nc(N[C@@H]4CCOC[C@H]4O)ncc3Cl)cc21. The van der Waals surface area contributed by atoms with Crippen LogP contribution in [0.1, 0.15) is 51.4 Å². The zero-order chi connectivity index (χ0) is 24.8. The van der Waals surface area contributed by atoms with Crippen molar-refractivity contribution in [2.45, 2.75) is 57.9 Å². The van der Waals surface area contributed by atoms with Gasteiger partial charge in [-0.25, -0.2) is 14.4 Å². The topological polar surface area (TPSA) is 116 Å². The number of aliphatic hydroxyl groups excluding tert-OH is 1. The minimum absolute atomic E-state index is 0.102. The maximum absolute atomic E-state index is 15.5. The summed E-state index contributed by atoms with van der Waals surface area (Å²) < 4.78 is 22.5. The lowest BCUT2D eigenvalue weighted by Crippen LogP contribution is -2.42. The summed E-state index contributed by atoms with van der Waals surface area (Å²) in [6.07, 6.45) is 1.30. The lowest BCUT2D eigenvalue weighted by molar-refractivity contribution is -0.0136. The maximum atomic E-state index is 15.5. The van der Waals surface area contributed by atoms with E-state index in [9.17, 15) is 15.5 Å². The number of ether oxygens (including phenoxy) is 1. The first-order chi connectivity index (χ1) is 16.0. The zero-order valence-electron chi connectivity index (χ0n) is 19.4. The van der Waals surface area contributed by atoms with Gasteiger partial charge in [-0.3, -0.25) is 0 Å². The number of nitrogens with one attached hydrogen (secondary N) is 1. The van der Waals surface area contributed by atoms with Crippen LogP contribution in [0, 0.1) is 17.1 Å². The van der Waals surface area contributed by atoms with Gasteiger partial charge in [-0.1, -0.05) is 11.6 Å². The Morgan fingerprint density at radius 2 is 2.12 bits per heavy atom. The highest BCUT2D eigenvalue weighted by molar-refractivity contribution is 6.33. The molecule has 0 amide bonds. The first kappa shape index (κ1) is 24.4. The average Bonchev–Trinajstić information content (AvgIpc) is 3.12. The van der Waals surface area contributed by atoms with Crippen LogP contribution in [0.5, 0.6) is 0 Å². The Hall–Kier alpha value is -2.77. The van der Waals surface area contributed by atoms with Gasteiger partial charge in [0, 0.05) is 18.2 Å². The molecule has 180 valence electrons. The van der Waals surface area contributed by atoms with Crippen LogP contribution in [0.3, 0.4) is 0 Å². The van der Waals surface area contributed by atoms with Crippen molar-refractivity contribution < 1.29 is 19.3 Å². The Bertz CT molecular complexity index is 1280. The van der Waals surface area contributed by atoms with Crippen LogP contribution in [0.4, 0.5) is 10.3 Å². The third-order valence-electron chi connectivity index (χ3n) is 5.92. The van der Waals surface area contributed by atoms with Crippen molar-refractivity contribution in [1.29, 1.82) is 5.26 Å². The molecule has 3 aromatic rings. The molecular weight excluding hydrogens is 461 g/mol. The molecule has 2 aromatic heterocycles. The molecule has 0 unspecified atom stereocenters. The van der Waals surface area contributed by atoms with Crippen LogP contribution in [-0.2, 0) is 10.3 Å². The first-order valence-electron chi connectivity index (χ1n) is 11.1. The molecule has 10 heteroatoms. The van der Waals surface area contributed by atoms with E-state index in [1.807, 2.05) is 13.8 Å². The molecule has 3 heterocycles. The lowest BCUT2D eigenvalue weighted by Gasteiger charge is -2.28. The molecule has 0 radical (unpaired) electrons. The molecule has 8 nitrogen and oxygen atoms in total. The summed E-state index contributed by atoms with van der Waals surface area (Å²) >= 11 is 6.40. The Labute approximate surface area is 202 Å². The standard InChI is InChI=1S/C24H27ClFN5O3/c1-12(2)31-18-8-13(7-16(26)20(18)14(9-27)22(31)24(3,4)33)21-15(25)10-28-23(30-21)29-17-5-6-34-11-19(17)32/h7-8,10,12,17,19,32-33H,5-6,11H2,1-4H3,(H,28,29,30)/t17-,19-/m1/s1. The zero-order valence-corrected chi connectivity index (χ0v) is 20.2. The number of aliphatic hydroxyl groups is 2. The van der Waals surface area contributed by atoms with Crippen molar-refractivity contribution in [2.24, 2.45) is 0 Å². The molecule has 0 spiro atoms. The van der Waals surface area contributed by atoms with E-state index >= 15 is 4.39 Å². The van der Waals surface area contributed by atoms with Crippen LogP contribution in [0.2, 0.25) is 5.02 Å². The number of rotatable bonds is 5. The second-order valence-electron chi connectivity index (χ2n) is 9.28. The number of anilines is 1. The number of aromatic nitrogens is 3. The molecule has 0 saturated carbocycles. The van der Waals surface area contributed by atoms with Gasteiger partial charge in [0.05, 0.1) is 57.8 Å². The van der Waals surface area contributed by atoms with Crippen LogP contribution in [0.15, 0.2) is 18.3 Å². The highest BCUT2D eigenvalue weighted by atomic mass is 35.5. The molecule has 0 bridgehead atoms. The summed E-state index contributed by atoms with van der Waals surface area (Å²) in [6, 6.07) is 4.63. The number of benzene rings is 1. The van der Waals surface area contributed by atoms with Gasteiger partial charge < -0.3 is 24.8 Å². The van der Waals surface area contributed by atoms with Crippen molar-refractivity contribution in [2.75, 3.05) is 18.5 Å². The molecule has 2 atom stereocenters. The van der Waals surface area contributed by atoms with Gasteiger partial charge in [-0.15, -0.1) is 0 Å². The molecule has 3 N–H and O–H groups in total. The number of hydrogen-bond donors (Lipinski definition) is 3. The number of fused-ring (bicyclic) bond motifs is 1. The number of halogens is 2. The van der Waals surface area contributed by atoms with E-state index < -0.39 is 17.5 Å². The summed E-state index contributed by atoms with van der Waals surface area (Å²) in [4.78, 5) is 8.70. The Balaban J connectivity index is 1.88. The predicted octanol–water partition coefficient (Wildman–Crippen LogP) is 4.13. The molecule has 1 saturated heterocycles. The van der Waals surface area contributed by atoms with Gasteiger partial charge in [0.2, 0.25) is 5.95 Å². The summed E-state index contributed by atoms with van der Waals surface area (Å²) in [7, 11) is 0. The maximum Gasteiger partial charge on any atom is 0.223 e. The van der Waals surface area contributed by atoms with Crippen LogP contribution >= 0.6 is 11.6 Å². The van der Waals surface area contributed by atoms with Gasteiger partial charge in [0.25, 0.3) is 0 Å². The fourth-order valence-electron chi connectivity index (χ4n) is 4.47. The third-order valence-corrected chi connectivity index (χ3v) is 6.20. The molecule has 4 rings (SSSR count). The Morgan fingerprint density at radius 3 is 2.74 bits per heavy atom. The molecule has 34 heavy (non-hydrogen) atoms. The quantitative estimate of drug-likeness (QED) is 0.495. The van der Waals surface area contributed by atoms with Gasteiger partial charge in [-0.2, -0.15) is 5.26 Å². The monoisotopic (exact) mass is 487 g/mol. The molecule has 0 aliphatic carbocycles.